The Morgan fingerprint density at radius 1 is 1.23 bits per heavy atom. The fourth-order valence-electron chi connectivity index (χ4n) is 3.28. The highest BCUT2D eigenvalue weighted by Crippen LogP contribution is 2.40. The smallest absolute Gasteiger partial charge is 0.177 e. The third-order valence-corrected chi connectivity index (χ3v) is 5.30. The summed E-state index contributed by atoms with van der Waals surface area (Å²) < 4.78 is 24.9. The summed E-state index contributed by atoms with van der Waals surface area (Å²) >= 11 is 1.05. The third kappa shape index (κ3) is 2.25. The second-order valence-electron chi connectivity index (χ2n) is 5.91. The Hall–Kier alpha value is -1.71. The number of fused-ring (bicyclic) bond motifs is 2. The van der Waals surface area contributed by atoms with Crippen LogP contribution in [-0.2, 0) is 6.40 Å². The number of Topliss-reactive ketones (excluding diaryl/α,β-unsaturated/α-hetero) is 1. The van der Waals surface area contributed by atoms with Gasteiger partial charge in [0.2, 0.25) is 0 Å². The number of rotatable bonds is 0. The molecule has 3 heteroatoms. The lowest BCUT2D eigenvalue weighted by Crippen LogP contribution is -2.27. The van der Waals surface area contributed by atoms with Crippen LogP contribution < -0.4 is 0 Å². The van der Waals surface area contributed by atoms with Gasteiger partial charge in [-0.1, -0.05) is 29.8 Å². The minimum atomic E-state index is -0.989. The van der Waals surface area contributed by atoms with Gasteiger partial charge in [0.25, 0.3) is 0 Å². The van der Waals surface area contributed by atoms with Crippen molar-refractivity contribution >= 4 is 22.7 Å². The zero-order valence-electron chi connectivity index (χ0n) is 15.5. The quantitative estimate of drug-likeness (QED) is 0.732. The van der Waals surface area contributed by atoms with E-state index in [2.05, 4.69) is 11.9 Å². The molecule has 2 heterocycles. The SMILES string of the molecule is [2H]c1sc2c(c1[2H])C(=C1CCN(C)CC1)c1ccccc1C([2H])C2=O. The maximum atomic E-state index is 12.9. The third-order valence-electron chi connectivity index (χ3n) is 4.49. The molecule has 0 saturated carbocycles. The predicted octanol–water partition coefficient (Wildman–Crippen LogP) is 4.01. The number of thiophene rings is 1. The van der Waals surface area contributed by atoms with E-state index >= 15 is 0 Å². The van der Waals surface area contributed by atoms with Gasteiger partial charge in [0.05, 0.1) is 7.62 Å². The van der Waals surface area contributed by atoms with Crippen LogP contribution in [0.25, 0.3) is 5.57 Å². The van der Waals surface area contributed by atoms with Crippen LogP contribution in [0.4, 0.5) is 0 Å². The molecule has 0 N–H and O–H groups in total. The number of ketones is 1. The van der Waals surface area contributed by atoms with Gasteiger partial charge in [-0.2, -0.15) is 0 Å². The molecule has 0 spiro atoms. The van der Waals surface area contributed by atoms with E-state index in [9.17, 15) is 4.79 Å². The second-order valence-corrected chi connectivity index (χ2v) is 6.73. The molecule has 1 aliphatic heterocycles. The number of likely N-dealkylation sites (tertiary alicyclic amines) is 1. The van der Waals surface area contributed by atoms with Crippen molar-refractivity contribution in [3.8, 4) is 0 Å². The van der Waals surface area contributed by atoms with Crippen LogP contribution in [0, 0.1) is 0 Å². The molecule has 1 unspecified atom stereocenters. The second kappa shape index (κ2) is 5.49. The monoisotopic (exact) mass is 312 g/mol. The Morgan fingerprint density at radius 3 is 2.82 bits per heavy atom. The summed E-state index contributed by atoms with van der Waals surface area (Å²) in [5, 5.41) is 0.107. The number of piperidine rings is 1. The van der Waals surface area contributed by atoms with Crippen molar-refractivity contribution in [3.05, 3.63) is 62.8 Å². The van der Waals surface area contributed by atoms with Gasteiger partial charge >= 0.3 is 0 Å². The number of hydrogen-bond donors (Lipinski definition) is 0. The van der Waals surface area contributed by atoms with Crippen molar-refractivity contribution in [1.29, 1.82) is 0 Å². The Balaban J connectivity index is 2.06. The number of hydrogen-bond acceptors (Lipinski definition) is 3. The first-order valence-corrected chi connectivity index (χ1v) is 8.37. The van der Waals surface area contributed by atoms with Crippen LogP contribution in [0.1, 0.15) is 43.3 Å². The molecule has 2 aromatic rings. The molecular formula is C19H19NOS. The minimum Gasteiger partial charge on any atom is -0.306 e. The van der Waals surface area contributed by atoms with Crippen molar-refractivity contribution < 1.29 is 8.91 Å². The zero-order valence-corrected chi connectivity index (χ0v) is 13.3. The Bertz CT molecular complexity index is 892. The highest BCUT2D eigenvalue weighted by molar-refractivity contribution is 7.12. The van der Waals surface area contributed by atoms with Gasteiger partial charge in [-0.05, 0) is 48.0 Å². The molecule has 0 amide bonds. The highest BCUT2D eigenvalue weighted by atomic mass is 32.1. The van der Waals surface area contributed by atoms with Crippen molar-refractivity contribution in [1.82, 2.24) is 4.90 Å². The van der Waals surface area contributed by atoms with E-state index < -0.39 is 6.40 Å². The molecule has 0 bridgehead atoms. The maximum absolute atomic E-state index is 12.9. The van der Waals surface area contributed by atoms with Crippen molar-refractivity contribution in [2.45, 2.75) is 19.2 Å². The molecule has 112 valence electrons. The molecule has 4 rings (SSSR count). The van der Waals surface area contributed by atoms with Gasteiger partial charge in [0.15, 0.2) is 5.78 Å². The lowest BCUT2D eigenvalue weighted by Gasteiger charge is -2.27. The number of nitrogens with zero attached hydrogens (tertiary/aromatic N) is 1. The summed E-state index contributed by atoms with van der Waals surface area (Å²) in [5.74, 6) is -0.289. The largest absolute Gasteiger partial charge is 0.306 e. The van der Waals surface area contributed by atoms with E-state index in [-0.39, 0.29) is 17.2 Å². The van der Waals surface area contributed by atoms with Gasteiger partial charge in [0.1, 0.15) is 0 Å². The summed E-state index contributed by atoms with van der Waals surface area (Å²) in [6.07, 6.45) is 0.787. The molecule has 2 aliphatic rings. The minimum absolute atomic E-state index is 0.107. The number of benzene rings is 1. The average Bonchev–Trinajstić information content (AvgIpc) is 2.87. The first-order chi connectivity index (χ1) is 12.0. The van der Waals surface area contributed by atoms with Crippen molar-refractivity contribution in [2.75, 3.05) is 20.1 Å². The standard InChI is InChI=1S/C19H19NOS/c1-20-9-6-13(7-10-20)18-15-5-3-2-4-14(15)12-17(21)19-16(18)8-11-22-19/h2-5,8,11H,6-7,9-10,12H2,1H3/i8D,11D,12D. The molecule has 1 fully saturated rings. The molecule has 1 aliphatic carbocycles. The molecule has 22 heavy (non-hydrogen) atoms. The zero-order chi connectivity index (χ0) is 17.7. The van der Waals surface area contributed by atoms with Crippen LogP contribution in [0.15, 0.2) is 41.2 Å². The van der Waals surface area contributed by atoms with E-state index in [0.717, 1.165) is 48.4 Å². The summed E-state index contributed by atoms with van der Waals surface area (Å²) in [6.45, 7) is 1.89. The molecule has 1 aromatic carbocycles. The van der Waals surface area contributed by atoms with Crippen LogP contribution in [0.3, 0.4) is 0 Å². The first-order valence-electron chi connectivity index (χ1n) is 9.13. The first kappa shape index (κ1) is 10.9. The van der Waals surface area contributed by atoms with Crippen molar-refractivity contribution in [3.63, 3.8) is 0 Å². The van der Waals surface area contributed by atoms with Gasteiger partial charge in [-0.15, -0.1) is 11.3 Å². The van der Waals surface area contributed by atoms with Crippen LogP contribution in [-0.4, -0.2) is 30.8 Å². The van der Waals surface area contributed by atoms with Crippen LogP contribution in [0.2, 0.25) is 0 Å². The molecule has 2 nitrogen and oxygen atoms in total. The van der Waals surface area contributed by atoms with Gasteiger partial charge in [-0.3, -0.25) is 4.79 Å². The highest BCUT2D eigenvalue weighted by Gasteiger charge is 2.27. The summed E-state index contributed by atoms with van der Waals surface area (Å²) in [5.41, 5.74) is 4.35. The topological polar surface area (TPSA) is 20.3 Å². The maximum Gasteiger partial charge on any atom is 0.177 e. The van der Waals surface area contributed by atoms with Gasteiger partial charge < -0.3 is 4.90 Å². The predicted molar refractivity (Wildman–Crippen MR) is 91.5 cm³/mol. The molecule has 1 saturated heterocycles. The summed E-state index contributed by atoms with van der Waals surface area (Å²) in [4.78, 5) is 15.6. The number of carbonyl (C=O) groups excluding carboxylic acids is 1. The summed E-state index contributed by atoms with van der Waals surface area (Å²) in [7, 11) is 2.10. The van der Waals surface area contributed by atoms with E-state index in [1.54, 1.807) is 0 Å². The fraction of sp³-hybridized carbons (Fsp3) is 0.316. The molecule has 1 aromatic heterocycles. The lowest BCUT2D eigenvalue weighted by atomic mass is 9.88. The van der Waals surface area contributed by atoms with E-state index in [1.165, 1.54) is 5.57 Å². The fourth-order valence-corrected chi connectivity index (χ4v) is 3.95. The molecule has 0 radical (unpaired) electrons. The Morgan fingerprint density at radius 2 is 2.00 bits per heavy atom. The summed E-state index contributed by atoms with van der Waals surface area (Å²) in [6, 6.07) is 7.72. The van der Waals surface area contributed by atoms with Crippen LogP contribution >= 0.6 is 11.3 Å². The molecule has 1 atom stereocenters. The average molecular weight is 312 g/mol. The van der Waals surface area contributed by atoms with Crippen molar-refractivity contribution in [2.24, 2.45) is 0 Å². The van der Waals surface area contributed by atoms with Crippen LogP contribution in [0.5, 0.6) is 0 Å². The molecular weight excluding hydrogens is 290 g/mol. The van der Waals surface area contributed by atoms with Gasteiger partial charge in [-0.25, -0.2) is 0 Å². The van der Waals surface area contributed by atoms with E-state index in [0.29, 0.717) is 16.0 Å². The Kier molecular flexibility index (Phi) is 2.73. The number of carbonyl (C=O) groups is 1. The van der Waals surface area contributed by atoms with Gasteiger partial charge in [0, 0.05) is 26.4 Å². The lowest BCUT2D eigenvalue weighted by molar-refractivity contribution is 0.0997. The van der Waals surface area contributed by atoms with E-state index in [4.69, 9.17) is 4.11 Å². The normalized spacial score (nSPS) is 24.1. The Labute approximate surface area is 139 Å². The van der Waals surface area contributed by atoms with E-state index in [1.807, 2.05) is 24.3 Å².